The van der Waals surface area contributed by atoms with Crippen molar-refractivity contribution in [3.63, 3.8) is 0 Å². The number of hydrogen-bond donors (Lipinski definition) is 2. The molecule has 1 aliphatic rings. The molecule has 0 radical (unpaired) electrons. The fourth-order valence-electron chi connectivity index (χ4n) is 3.16. The molecule has 2 N–H and O–H groups in total. The van der Waals surface area contributed by atoms with Gasteiger partial charge in [-0.3, -0.25) is 0 Å². The van der Waals surface area contributed by atoms with Crippen molar-refractivity contribution >= 4 is 11.8 Å². The Morgan fingerprint density at radius 2 is 1.86 bits per heavy atom. The van der Waals surface area contributed by atoms with Gasteiger partial charge < -0.3 is 10.4 Å². The molecule has 2 rings (SSSR count). The van der Waals surface area contributed by atoms with Gasteiger partial charge in [0.2, 0.25) is 0 Å². The molecule has 0 saturated heterocycles. The highest BCUT2D eigenvalue weighted by Crippen LogP contribution is 2.38. The van der Waals surface area contributed by atoms with Crippen molar-refractivity contribution in [3.8, 4) is 5.75 Å². The molecule has 3 heteroatoms. The van der Waals surface area contributed by atoms with Gasteiger partial charge in [0.1, 0.15) is 5.75 Å². The summed E-state index contributed by atoms with van der Waals surface area (Å²) in [5.74, 6) is 0.351. The molecule has 1 aromatic rings. The lowest BCUT2D eigenvalue weighted by Gasteiger charge is -2.37. The molecule has 1 fully saturated rings. The summed E-state index contributed by atoms with van der Waals surface area (Å²) in [5, 5.41) is 13.1. The summed E-state index contributed by atoms with van der Waals surface area (Å²) in [6, 6.07) is 8.14. The first kappa shape index (κ1) is 16.7. The van der Waals surface area contributed by atoms with E-state index in [9.17, 15) is 5.11 Å². The van der Waals surface area contributed by atoms with Crippen LogP contribution in [0, 0.1) is 0 Å². The molecule has 0 bridgehead atoms. The smallest absolute Gasteiger partial charge is 0.115 e. The summed E-state index contributed by atoms with van der Waals surface area (Å²) in [5.41, 5.74) is 1.30. The normalized spacial score (nSPS) is 19.3. The van der Waals surface area contributed by atoms with Gasteiger partial charge in [-0.1, -0.05) is 31.4 Å². The minimum atomic E-state index is 0.351. The van der Waals surface area contributed by atoms with Crippen LogP contribution in [0.25, 0.3) is 0 Å². The highest BCUT2D eigenvalue weighted by atomic mass is 32.2. The number of thioether (sulfide) groups is 1. The Labute approximate surface area is 133 Å². The van der Waals surface area contributed by atoms with E-state index in [1.54, 1.807) is 12.1 Å². The van der Waals surface area contributed by atoms with Crippen LogP contribution in [-0.4, -0.2) is 28.7 Å². The highest BCUT2D eigenvalue weighted by Gasteiger charge is 2.30. The molecule has 1 atom stereocenters. The standard InChI is InChI=1S/C18H29NOS/c1-15(6-7-16-8-10-17(20)11-9-16)19-14-18(21-2)12-4-3-5-13-18/h8-11,15,19-20H,3-7,12-14H2,1-2H3. The second kappa shape index (κ2) is 8.09. The molecule has 0 heterocycles. The van der Waals surface area contributed by atoms with E-state index < -0.39 is 0 Å². The van der Waals surface area contributed by atoms with E-state index in [4.69, 9.17) is 0 Å². The van der Waals surface area contributed by atoms with Crippen molar-refractivity contribution in [2.75, 3.05) is 12.8 Å². The molecule has 0 amide bonds. The number of phenolic OH excluding ortho intramolecular Hbond substituents is 1. The number of phenols is 1. The Morgan fingerprint density at radius 3 is 2.48 bits per heavy atom. The second-order valence-corrected chi connectivity index (χ2v) is 7.71. The van der Waals surface area contributed by atoms with Crippen molar-refractivity contribution in [1.29, 1.82) is 0 Å². The zero-order chi connectivity index (χ0) is 15.1. The molecule has 2 nitrogen and oxygen atoms in total. The van der Waals surface area contributed by atoms with E-state index in [2.05, 4.69) is 30.3 Å². The SMILES string of the molecule is CSC1(CNC(C)CCc2ccc(O)cc2)CCCCC1. The van der Waals surface area contributed by atoms with E-state index in [0.717, 1.165) is 19.4 Å². The lowest BCUT2D eigenvalue weighted by atomic mass is 9.88. The van der Waals surface area contributed by atoms with Crippen molar-refractivity contribution in [2.24, 2.45) is 0 Å². The number of hydrogen-bond acceptors (Lipinski definition) is 3. The predicted molar refractivity (Wildman–Crippen MR) is 93.2 cm³/mol. The zero-order valence-corrected chi connectivity index (χ0v) is 14.2. The predicted octanol–water partition coefficient (Wildman–Crippen LogP) is 4.37. The summed E-state index contributed by atoms with van der Waals surface area (Å²) in [6.45, 7) is 3.43. The molecule has 0 aliphatic heterocycles. The minimum Gasteiger partial charge on any atom is -0.508 e. The third-order valence-electron chi connectivity index (χ3n) is 4.77. The summed E-state index contributed by atoms with van der Waals surface area (Å²) in [7, 11) is 0. The number of aromatic hydroxyl groups is 1. The average Bonchev–Trinajstić information content (AvgIpc) is 2.53. The Hall–Kier alpha value is -0.670. The molecule has 0 aromatic heterocycles. The van der Waals surface area contributed by atoms with Crippen molar-refractivity contribution in [3.05, 3.63) is 29.8 Å². The van der Waals surface area contributed by atoms with Crippen LogP contribution >= 0.6 is 11.8 Å². The highest BCUT2D eigenvalue weighted by molar-refractivity contribution is 8.00. The fourth-order valence-corrected chi connectivity index (χ4v) is 4.08. The van der Waals surface area contributed by atoms with Gasteiger partial charge in [0.25, 0.3) is 0 Å². The van der Waals surface area contributed by atoms with Crippen molar-refractivity contribution in [2.45, 2.75) is 62.7 Å². The Bertz CT molecular complexity index is 412. The lowest BCUT2D eigenvalue weighted by molar-refractivity contribution is 0.361. The van der Waals surface area contributed by atoms with Crippen molar-refractivity contribution in [1.82, 2.24) is 5.32 Å². The quantitative estimate of drug-likeness (QED) is 0.784. The first-order chi connectivity index (χ1) is 10.1. The van der Waals surface area contributed by atoms with Gasteiger partial charge in [-0.2, -0.15) is 11.8 Å². The van der Waals surface area contributed by atoms with Gasteiger partial charge in [0.15, 0.2) is 0 Å². The van der Waals surface area contributed by atoms with Crippen LogP contribution in [-0.2, 0) is 6.42 Å². The largest absolute Gasteiger partial charge is 0.508 e. The molecule has 1 aliphatic carbocycles. The van der Waals surface area contributed by atoms with Gasteiger partial charge >= 0.3 is 0 Å². The molecule has 1 unspecified atom stereocenters. The van der Waals surface area contributed by atoms with Crippen LogP contribution in [0.3, 0.4) is 0 Å². The first-order valence-corrected chi connectivity index (χ1v) is 9.42. The van der Waals surface area contributed by atoms with Crippen LogP contribution < -0.4 is 5.32 Å². The third kappa shape index (κ3) is 5.23. The minimum absolute atomic E-state index is 0.351. The summed E-state index contributed by atoms with van der Waals surface area (Å²) in [4.78, 5) is 0. The lowest BCUT2D eigenvalue weighted by Crippen LogP contribution is -2.42. The van der Waals surface area contributed by atoms with E-state index in [1.807, 2.05) is 12.1 Å². The van der Waals surface area contributed by atoms with Crippen LogP contribution in [0.15, 0.2) is 24.3 Å². The number of aryl methyl sites for hydroxylation is 1. The molecular formula is C18H29NOS. The van der Waals surface area contributed by atoms with Gasteiger partial charge in [0.05, 0.1) is 0 Å². The average molecular weight is 308 g/mol. The topological polar surface area (TPSA) is 32.3 Å². The Morgan fingerprint density at radius 1 is 1.19 bits per heavy atom. The zero-order valence-electron chi connectivity index (χ0n) is 13.4. The summed E-state index contributed by atoms with van der Waals surface area (Å²) >= 11 is 2.06. The molecule has 21 heavy (non-hydrogen) atoms. The summed E-state index contributed by atoms with van der Waals surface area (Å²) in [6.07, 6.45) is 11.4. The molecule has 1 saturated carbocycles. The monoisotopic (exact) mass is 307 g/mol. The number of rotatable bonds is 7. The van der Waals surface area contributed by atoms with E-state index in [1.165, 1.54) is 37.7 Å². The second-order valence-electron chi connectivity index (χ2n) is 6.43. The van der Waals surface area contributed by atoms with E-state index >= 15 is 0 Å². The Kier molecular flexibility index (Phi) is 6.43. The number of nitrogens with one attached hydrogen (secondary N) is 1. The summed E-state index contributed by atoms with van der Waals surface area (Å²) < 4.78 is 0.477. The molecule has 118 valence electrons. The maximum absolute atomic E-state index is 9.30. The van der Waals surface area contributed by atoms with Crippen LogP contribution in [0.2, 0.25) is 0 Å². The maximum Gasteiger partial charge on any atom is 0.115 e. The fraction of sp³-hybridized carbons (Fsp3) is 0.667. The molecule has 0 spiro atoms. The molecular weight excluding hydrogens is 278 g/mol. The third-order valence-corrected chi connectivity index (χ3v) is 6.19. The van der Waals surface area contributed by atoms with E-state index in [0.29, 0.717) is 16.5 Å². The van der Waals surface area contributed by atoms with Gasteiger partial charge in [0, 0.05) is 17.3 Å². The van der Waals surface area contributed by atoms with Crippen LogP contribution in [0.5, 0.6) is 5.75 Å². The Balaban J connectivity index is 1.73. The molecule has 1 aromatic carbocycles. The van der Waals surface area contributed by atoms with Crippen LogP contribution in [0.1, 0.15) is 51.0 Å². The van der Waals surface area contributed by atoms with Crippen molar-refractivity contribution < 1.29 is 5.11 Å². The van der Waals surface area contributed by atoms with Crippen LogP contribution in [0.4, 0.5) is 0 Å². The maximum atomic E-state index is 9.30. The van der Waals surface area contributed by atoms with Gasteiger partial charge in [-0.15, -0.1) is 0 Å². The van der Waals surface area contributed by atoms with Gasteiger partial charge in [-0.25, -0.2) is 0 Å². The number of benzene rings is 1. The van der Waals surface area contributed by atoms with E-state index in [-0.39, 0.29) is 0 Å². The first-order valence-electron chi connectivity index (χ1n) is 8.20. The van der Waals surface area contributed by atoms with Gasteiger partial charge in [-0.05, 0) is 56.6 Å².